The molecule has 0 N–H and O–H groups in total. The highest BCUT2D eigenvalue weighted by Crippen LogP contribution is 2.15. The Labute approximate surface area is 462 Å². The lowest BCUT2D eigenvalue weighted by Crippen LogP contribution is -2.30. The van der Waals surface area contributed by atoms with Crippen LogP contribution in [0.4, 0.5) is 0 Å². The molecule has 0 heterocycles. The topological polar surface area (TPSA) is 78.9 Å². The lowest BCUT2D eigenvalue weighted by atomic mass is 10.0. The molecule has 0 saturated carbocycles. The highest BCUT2D eigenvalue weighted by Gasteiger charge is 2.19. The second kappa shape index (κ2) is 62.4. The molecule has 0 unspecified atom stereocenters. The standard InChI is InChI=1S/C69H114O6/c1-4-7-10-13-16-19-22-25-28-31-33-34-36-39-41-44-47-50-53-56-59-62-68(71)74-65-66(75-69(72)63-60-57-54-51-48-45-42-37-30-27-24-21-18-15-12-9-6-3)64-73-67(70)61-58-55-52-49-46-43-40-38-35-32-29-26-23-20-17-14-11-8-5-2/h9,12,17-18,20-21,25-30,35,38,42-43,45-46,51,54,66H,4-8,10-11,13-16,19,22-24,31-34,36-37,39-41,44,47-50,52-53,55-65H2,1-3H3/b12-9-,20-17-,21-18-,28-25-,29-26-,30-27-,38-35-,45-42-,46-43-,54-51-/t66-/m1/s1. The largest absolute Gasteiger partial charge is 0.462 e. The molecule has 0 aromatic heterocycles. The zero-order valence-electron chi connectivity index (χ0n) is 48.8. The lowest BCUT2D eigenvalue weighted by Gasteiger charge is -2.18. The van der Waals surface area contributed by atoms with Gasteiger partial charge in [-0.2, -0.15) is 0 Å². The van der Waals surface area contributed by atoms with Crippen molar-refractivity contribution < 1.29 is 28.6 Å². The summed E-state index contributed by atoms with van der Waals surface area (Å²) >= 11 is 0. The maximum atomic E-state index is 12.9. The molecule has 6 nitrogen and oxygen atoms in total. The van der Waals surface area contributed by atoms with Gasteiger partial charge in [-0.3, -0.25) is 14.4 Å². The molecule has 0 rings (SSSR count). The van der Waals surface area contributed by atoms with Crippen LogP contribution >= 0.6 is 0 Å². The minimum absolute atomic E-state index is 0.113. The van der Waals surface area contributed by atoms with Crippen LogP contribution in [0.3, 0.4) is 0 Å². The van der Waals surface area contributed by atoms with Crippen molar-refractivity contribution in [2.75, 3.05) is 13.2 Å². The SMILES string of the molecule is CC/C=C\C/C=C\C/C=C\C/C=C\C/C=C\CCCC(=O)O[C@H](COC(=O)CCCCC/C=C\C/C=C\C/C=C\C/C=C\CCCCC)COC(=O)CCCCCCCCCCCCC/C=C\CCCCCCCC. The summed E-state index contributed by atoms with van der Waals surface area (Å²) < 4.78 is 16.8. The Hall–Kier alpha value is -4.19. The van der Waals surface area contributed by atoms with Crippen LogP contribution in [-0.4, -0.2) is 37.2 Å². The second-order valence-corrected chi connectivity index (χ2v) is 20.2. The molecule has 0 radical (unpaired) electrons. The number of carbonyl (C=O) groups is 3. The van der Waals surface area contributed by atoms with E-state index < -0.39 is 6.10 Å². The number of rotatable bonds is 55. The Morgan fingerprint density at radius 1 is 0.280 bits per heavy atom. The summed E-state index contributed by atoms with van der Waals surface area (Å²) in [5.41, 5.74) is 0. The van der Waals surface area contributed by atoms with E-state index in [4.69, 9.17) is 14.2 Å². The molecule has 0 bridgehead atoms. The molecule has 0 amide bonds. The van der Waals surface area contributed by atoms with E-state index in [1.807, 2.05) is 0 Å². The Bertz CT molecular complexity index is 1570. The predicted molar refractivity (Wildman–Crippen MR) is 325 cm³/mol. The van der Waals surface area contributed by atoms with Gasteiger partial charge in [-0.15, -0.1) is 0 Å². The minimum Gasteiger partial charge on any atom is -0.462 e. The van der Waals surface area contributed by atoms with Gasteiger partial charge in [0.25, 0.3) is 0 Å². The lowest BCUT2D eigenvalue weighted by molar-refractivity contribution is -0.167. The Morgan fingerprint density at radius 2 is 0.533 bits per heavy atom. The summed E-state index contributed by atoms with van der Waals surface area (Å²) in [4.78, 5) is 38.3. The maximum Gasteiger partial charge on any atom is 0.306 e. The van der Waals surface area contributed by atoms with E-state index in [0.717, 1.165) is 103 Å². The van der Waals surface area contributed by atoms with Crippen molar-refractivity contribution >= 4 is 17.9 Å². The van der Waals surface area contributed by atoms with Gasteiger partial charge in [0.2, 0.25) is 0 Å². The fourth-order valence-corrected chi connectivity index (χ4v) is 8.28. The first-order valence-electron chi connectivity index (χ1n) is 31.0. The molecule has 426 valence electrons. The van der Waals surface area contributed by atoms with Crippen molar-refractivity contribution in [3.05, 3.63) is 122 Å². The predicted octanol–water partition coefficient (Wildman–Crippen LogP) is 21.2. The minimum atomic E-state index is -0.826. The molecule has 0 spiro atoms. The normalized spacial score (nSPS) is 12.9. The molecule has 0 aliphatic rings. The van der Waals surface area contributed by atoms with Gasteiger partial charge in [-0.25, -0.2) is 0 Å². The smallest absolute Gasteiger partial charge is 0.306 e. The van der Waals surface area contributed by atoms with Crippen molar-refractivity contribution in [1.29, 1.82) is 0 Å². The van der Waals surface area contributed by atoms with Gasteiger partial charge in [0.15, 0.2) is 6.10 Å². The number of unbranched alkanes of at least 4 members (excludes halogenated alkanes) is 24. The number of carbonyl (C=O) groups excluding carboxylic acids is 3. The van der Waals surface area contributed by atoms with Crippen molar-refractivity contribution in [1.82, 2.24) is 0 Å². The second-order valence-electron chi connectivity index (χ2n) is 20.2. The monoisotopic (exact) mass is 1040 g/mol. The van der Waals surface area contributed by atoms with Gasteiger partial charge >= 0.3 is 17.9 Å². The first-order chi connectivity index (χ1) is 37.0. The van der Waals surface area contributed by atoms with Crippen LogP contribution in [0.5, 0.6) is 0 Å². The number of hydrogen-bond acceptors (Lipinski definition) is 6. The number of esters is 3. The molecule has 0 aromatic carbocycles. The average Bonchev–Trinajstić information content (AvgIpc) is 3.41. The van der Waals surface area contributed by atoms with Crippen molar-refractivity contribution in [3.63, 3.8) is 0 Å². The molecule has 0 fully saturated rings. The molecular weight excluding hydrogens is 925 g/mol. The van der Waals surface area contributed by atoms with Crippen molar-refractivity contribution in [3.8, 4) is 0 Å². The van der Waals surface area contributed by atoms with E-state index in [0.29, 0.717) is 19.3 Å². The zero-order valence-corrected chi connectivity index (χ0v) is 48.8. The van der Waals surface area contributed by atoms with E-state index in [2.05, 4.69) is 142 Å². The van der Waals surface area contributed by atoms with E-state index in [-0.39, 0.29) is 37.5 Å². The zero-order chi connectivity index (χ0) is 54.3. The van der Waals surface area contributed by atoms with Gasteiger partial charge < -0.3 is 14.2 Å². The highest BCUT2D eigenvalue weighted by molar-refractivity contribution is 5.71. The summed E-state index contributed by atoms with van der Waals surface area (Å²) in [6.45, 7) is 6.43. The van der Waals surface area contributed by atoms with Gasteiger partial charge in [0.05, 0.1) is 0 Å². The number of allylic oxidation sites excluding steroid dienone is 20. The molecule has 1 atom stereocenters. The quantitative estimate of drug-likeness (QED) is 0.0261. The Balaban J connectivity index is 4.51. The molecule has 75 heavy (non-hydrogen) atoms. The van der Waals surface area contributed by atoms with E-state index in [9.17, 15) is 14.4 Å². The summed E-state index contributed by atoms with van der Waals surface area (Å²) in [5.74, 6) is -1.00. The summed E-state index contributed by atoms with van der Waals surface area (Å²) in [6, 6.07) is 0. The van der Waals surface area contributed by atoms with Crippen LogP contribution in [0.1, 0.15) is 278 Å². The molecule has 0 saturated heterocycles. The highest BCUT2D eigenvalue weighted by atomic mass is 16.6. The molecule has 0 aliphatic heterocycles. The van der Waals surface area contributed by atoms with Crippen molar-refractivity contribution in [2.24, 2.45) is 0 Å². The fraction of sp³-hybridized carbons (Fsp3) is 0.667. The maximum absolute atomic E-state index is 12.9. The Kier molecular flexibility index (Phi) is 58.9. The third-order valence-electron chi connectivity index (χ3n) is 12.9. The molecular formula is C69H114O6. The third kappa shape index (κ3) is 60.6. The first-order valence-corrected chi connectivity index (χ1v) is 31.0. The first kappa shape index (κ1) is 70.8. The average molecular weight is 1040 g/mol. The molecule has 0 aliphatic carbocycles. The van der Waals surface area contributed by atoms with E-state index in [1.165, 1.54) is 128 Å². The van der Waals surface area contributed by atoms with Gasteiger partial charge in [-0.05, 0) is 128 Å². The third-order valence-corrected chi connectivity index (χ3v) is 12.9. The van der Waals surface area contributed by atoms with Crippen molar-refractivity contribution in [2.45, 2.75) is 284 Å². The van der Waals surface area contributed by atoms with Gasteiger partial charge in [0.1, 0.15) is 13.2 Å². The Morgan fingerprint density at radius 3 is 0.907 bits per heavy atom. The van der Waals surface area contributed by atoms with Crippen LogP contribution in [0.25, 0.3) is 0 Å². The van der Waals surface area contributed by atoms with Crippen LogP contribution in [0, 0.1) is 0 Å². The number of ether oxygens (including phenoxy) is 3. The summed E-state index contributed by atoms with van der Waals surface area (Å²) in [7, 11) is 0. The van der Waals surface area contributed by atoms with Crippen LogP contribution < -0.4 is 0 Å². The summed E-state index contributed by atoms with van der Waals surface area (Å²) in [6.07, 6.45) is 86.3. The van der Waals surface area contributed by atoms with Crippen LogP contribution in [0.15, 0.2) is 122 Å². The van der Waals surface area contributed by atoms with Gasteiger partial charge in [0, 0.05) is 19.3 Å². The summed E-state index contributed by atoms with van der Waals surface area (Å²) in [5, 5.41) is 0. The number of hydrogen-bond donors (Lipinski definition) is 0. The molecule has 0 aromatic rings. The molecule has 6 heteroatoms. The fourth-order valence-electron chi connectivity index (χ4n) is 8.28. The van der Waals surface area contributed by atoms with E-state index in [1.54, 1.807) is 0 Å². The van der Waals surface area contributed by atoms with Crippen LogP contribution in [-0.2, 0) is 28.6 Å². The van der Waals surface area contributed by atoms with E-state index >= 15 is 0 Å². The van der Waals surface area contributed by atoms with Crippen LogP contribution in [0.2, 0.25) is 0 Å². The van der Waals surface area contributed by atoms with Gasteiger partial charge in [-0.1, -0.05) is 251 Å².